The van der Waals surface area contributed by atoms with Gasteiger partial charge in [-0.1, -0.05) is 0 Å². The minimum atomic E-state index is -3.12. The molecule has 90 valence electrons. The highest BCUT2D eigenvalue weighted by Crippen LogP contribution is 2.48. The van der Waals surface area contributed by atoms with Gasteiger partial charge in [-0.05, 0) is 0 Å². The molecule has 0 aliphatic carbocycles. The van der Waals surface area contributed by atoms with E-state index in [-0.39, 0.29) is 13.2 Å². The molecule has 1 N–H and O–H groups in total. The molecule has 2 atom stereocenters. The van der Waals surface area contributed by atoms with Crippen LogP contribution in [0.5, 0.6) is 0 Å². The van der Waals surface area contributed by atoms with Crippen LogP contribution in [0, 0.1) is 0 Å². The summed E-state index contributed by atoms with van der Waals surface area (Å²) in [6.07, 6.45) is -1.11. The largest absolute Gasteiger partial charge is 0.343 e. The molecule has 1 aliphatic rings. The van der Waals surface area contributed by atoms with Crippen molar-refractivity contribution in [1.82, 2.24) is 9.76 Å². The van der Waals surface area contributed by atoms with Crippen LogP contribution in [0.4, 0.5) is 4.39 Å². The summed E-state index contributed by atoms with van der Waals surface area (Å²) in [6.45, 7) is 0.689. The predicted molar refractivity (Wildman–Crippen MR) is 59.5 cm³/mol. The van der Waals surface area contributed by atoms with Crippen LogP contribution in [0.15, 0.2) is 0 Å². The molecule has 0 amide bonds. The SMILES string of the molecule is O=[P@@]1(N(CCCl)CCCl)NC[C@@H](F)CO1. The van der Waals surface area contributed by atoms with Crippen LogP contribution >= 0.6 is 30.9 Å². The zero-order valence-electron chi connectivity index (χ0n) is 8.16. The monoisotopic (exact) mass is 278 g/mol. The van der Waals surface area contributed by atoms with Crippen molar-refractivity contribution in [1.29, 1.82) is 0 Å². The number of hydrogen-bond donors (Lipinski definition) is 1. The molecule has 0 saturated carbocycles. The first-order chi connectivity index (χ1) is 7.12. The van der Waals surface area contributed by atoms with E-state index >= 15 is 0 Å². The molecule has 0 aromatic rings. The highest BCUT2D eigenvalue weighted by Gasteiger charge is 2.36. The Morgan fingerprint density at radius 1 is 1.47 bits per heavy atom. The Labute approximate surface area is 98.6 Å². The number of alkyl halides is 3. The molecule has 0 bridgehead atoms. The number of halogens is 3. The van der Waals surface area contributed by atoms with Crippen LogP contribution in [0.3, 0.4) is 0 Å². The fraction of sp³-hybridized carbons (Fsp3) is 1.00. The second-order valence-electron chi connectivity index (χ2n) is 3.11. The van der Waals surface area contributed by atoms with Crippen molar-refractivity contribution in [3.63, 3.8) is 0 Å². The number of hydrogen-bond acceptors (Lipinski definition) is 2. The molecule has 1 fully saturated rings. The van der Waals surface area contributed by atoms with E-state index in [1.807, 2.05) is 0 Å². The van der Waals surface area contributed by atoms with E-state index in [0.29, 0.717) is 24.8 Å². The average Bonchev–Trinajstić information content (AvgIpc) is 2.23. The van der Waals surface area contributed by atoms with Gasteiger partial charge in [0.15, 0.2) is 0 Å². The molecule has 4 nitrogen and oxygen atoms in total. The zero-order chi connectivity index (χ0) is 11.3. The van der Waals surface area contributed by atoms with Crippen molar-refractivity contribution < 1.29 is 13.5 Å². The second-order valence-corrected chi connectivity index (χ2v) is 6.04. The minimum Gasteiger partial charge on any atom is -0.303 e. The highest BCUT2D eigenvalue weighted by atomic mass is 35.5. The van der Waals surface area contributed by atoms with Crippen molar-refractivity contribution in [2.45, 2.75) is 6.17 Å². The summed E-state index contributed by atoms with van der Waals surface area (Å²) in [5, 5.41) is 2.58. The minimum absolute atomic E-state index is 0.0400. The van der Waals surface area contributed by atoms with Gasteiger partial charge >= 0.3 is 7.67 Å². The van der Waals surface area contributed by atoms with Gasteiger partial charge in [-0.25, -0.2) is 14.1 Å². The Hall–Kier alpha value is 0.620. The molecule has 1 saturated heterocycles. The topological polar surface area (TPSA) is 41.6 Å². The highest BCUT2D eigenvalue weighted by molar-refractivity contribution is 7.54. The van der Waals surface area contributed by atoms with Crippen LogP contribution in [0.2, 0.25) is 0 Å². The van der Waals surface area contributed by atoms with Crippen LogP contribution in [-0.4, -0.2) is 48.8 Å². The number of rotatable bonds is 5. The molecular formula is C7H14Cl2FN2O2P. The van der Waals surface area contributed by atoms with Crippen LogP contribution < -0.4 is 5.09 Å². The van der Waals surface area contributed by atoms with E-state index in [4.69, 9.17) is 27.7 Å². The van der Waals surface area contributed by atoms with Crippen LogP contribution in [0.1, 0.15) is 0 Å². The van der Waals surface area contributed by atoms with Crippen LogP contribution in [0.25, 0.3) is 0 Å². The maximum absolute atomic E-state index is 12.8. The van der Waals surface area contributed by atoms with Crippen molar-refractivity contribution in [2.24, 2.45) is 0 Å². The molecule has 0 aromatic heterocycles. The lowest BCUT2D eigenvalue weighted by atomic mass is 10.4. The molecule has 0 aromatic carbocycles. The summed E-state index contributed by atoms with van der Waals surface area (Å²) in [5.74, 6) is 0.649. The maximum atomic E-state index is 12.8. The average molecular weight is 279 g/mol. The van der Waals surface area contributed by atoms with Crippen molar-refractivity contribution in [3.05, 3.63) is 0 Å². The summed E-state index contributed by atoms with van der Waals surface area (Å²) in [4.78, 5) is 0. The van der Waals surface area contributed by atoms with Gasteiger partial charge in [-0.3, -0.25) is 4.57 Å². The first-order valence-corrected chi connectivity index (χ1v) is 7.28. The summed E-state index contributed by atoms with van der Waals surface area (Å²) in [7, 11) is -3.12. The van der Waals surface area contributed by atoms with Crippen molar-refractivity contribution >= 4 is 30.9 Å². The molecule has 1 rings (SSSR count). The summed E-state index contributed by atoms with van der Waals surface area (Å²) in [6, 6.07) is 0. The van der Waals surface area contributed by atoms with Gasteiger partial charge in [0.2, 0.25) is 0 Å². The third-order valence-electron chi connectivity index (χ3n) is 2.00. The van der Waals surface area contributed by atoms with Gasteiger partial charge in [0, 0.05) is 31.4 Å². The third kappa shape index (κ3) is 3.84. The van der Waals surface area contributed by atoms with Gasteiger partial charge in [0.05, 0.1) is 6.61 Å². The van der Waals surface area contributed by atoms with Gasteiger partial charge in [0.1, 0.15) is 6.17 Å². The molecule has 1 aliphatic heterocycles. The fourth-order valence-electron chi connectivity index (χ4n) is 1.25. The first kappa shape index (κ1) is 13.7. The predicted octanol–water partition coefficient (Wildman–Crippen LogP) is 1.83. The lowest BCUT2D eigenvalue weighted by Crippen LogP contribution is -2.40. The quantitative estimate of drug-likeness (QED) is 0.616. The second kappa shape index (κ2) is 6.38. The van der Waals surface area contributed by atoms with Crippen molar-refractivity contribution in [2.75, 3.05) is 38.0 Å². The Morgan fingerprint density at radius 3 is 2.47 bits per heavy atom. The lowest BCUT2D eigenvalue weighted by molar-refractivity contribution is 0.151. The molecular weight excluding hydrogens is 265 g/mol. The molecule has 0 unspecified atom stereocenters. The number of nitrogens with one attached hydrogen (secondary N) is 1. The normalized spacial score (nSPS) is 32.1. The molecule has 8 heteroatoms. The Balaban J connectivity index is 2.60. The van der Waals surface area contributed by atoms with Crippen LogP contribution in [-0.2, 0) is 9.09 Å². The Bertz CT molecular complexity index is 229. The van der Waals surface area contributed by atoms with E-state index in [0.717, 1.165) is 0 Å². The molecule has 0 radical (unpaired) electrons. The van der Waals surface area contributed by atoms with E-state index in [1.54, 1.807) is 4.67 Å². The summed E-state index contributed by atoms with van der Waals surface area (Å²) >= 11 is 11.2. The van der Waals surface area contributed by atoms with Gasteiger partial charge in [0.25, 0.3) is 0 Å². The third-order valence-corrected chi connectivity index (χ3v) is 4.56. The van der Waals surface area contributed by atoms with Gasteiger partial charge < -0.3 is 4.52 Å². The summed E-state index contributed by atoms with van der Waals surface area (Å²) < 4.78 is 31.5. The van der Waals surface area contributed by atoms with Crippen molar-refractivity contribution in [3.8, 4) is 0 Å². The molecule has 15 heavy (non-hydrogen) atoms. The molecule has 0 spiro atoms. The smallest absolute Gasteiger partial charge is 0.303 e. The first-order valence-electron chi connectivity index (χ1n) is 4.63. The maximum Gasteiger partial charge on any atom is 0.343 e. The van der Waals surface area contributed by atoms with Gasteiger partial charge in [-0.15, -0.1) is 23.2 Å². The van der Waals surface area contributed by atoms with Gasteiger partial charge in [-0.2, -0.15) is 0 Å². The number of nitrogens with zero attached hydrogens (tertiary/aromatic N) is 1. The Morgan fingerprint density at radius 2 is 2.07 bits per heavy atom. The van der Waals surface area contributed by atoms with E-state index in [2.05, 4.69) is 5.09 Å². The Kier molecular flexibility index (Phi) is 5.82. The zero-order valence-corrected chi connectivity index (χ0v) is 10.6. The van der Waals surface area contributed by atoms with E-state index < -0.39 is 13.8 Å². The fourth-order valence-corrected chi connectivity index (χ4v) is 3.87. The van der Waals surface area contributed by atoms with E-state index in [1.165, 1.54) is 0 Å². The lowest BCUT2D eigenvalue weighted by Gasteiger charge is -2.34. The van der Waals surface area contributed by atoms with E-state index in [9.17, 15) is 8.96 Å². The molecule has 1 heterocycles. The standard InChI is InChI=1S/C7H14Cl2FN2O2P/c8-1-3-12(4-2-9)15(13)11-5-7(10)6-14-15/h7H,1-6H2,(H,11,13)/t7-,15+/m1/s1. The summed E-state index contributed by atoms with van der Waals surface area (Å²) in [5.41, 5.74) is 0.